The lowest BCUT2D eigenvalue weighted by molar-refractivity contribution is 0.215. The Balaban J connectivity index is 1.98. The van der Waals surface area contributed by atoms with E-state index in [0.717, 1.165) is 6.07 Å². The molecule has 0 saturated heterocycles. The molecular weight excluding hydrogens is 223 g/mol. The molecule has 0 fully saturated rings. The summed E-state index contributed by atoms with van der Waals surface area (Å²) >= 11 is 0. The maximum atomic E-state index is 12.7. The van der Waals surface area contributed by atoms with Crippen LogP contribution in [0.25, 0.3) is 0 Å². The monoisotopic (exact) mass is 232 g/mol. The first-order valence-corrected chi connectivity index (χ1v) is 4.89. The van der Waals surface area contributed by atoms with Gasteiger partial charge >= 0.3 is 6.09 Å². The molecule has 1 heterocycles. The van der Waals surface area contributed by atoms with E-state index in [-0.39, 0.29) is 0 Å². The second-order valence-electron chi connectivity index (χ2n) is 3.19. The molecule has 0 unspecified atom stereocenters. The molecule has 5 heteroatoms. The van der Waals surface area contributed by atoms with Crippen LogP contribution in [0.5, 0.6) is 5.75 Å². The number of nitrogens with zero attached hydrogens (tertiary/aromatic N) is 1. The predicted octanol–water partition coefficient (Wildman–Crippen LogP) is 2.83. The fourth-order valence-electron chi connectivity index (χ4n) is 1.22. The van der Waals surface area contributed by atoms with Crippen LogP contribution < -0.4 is 10.1 Å². The molecule has 0 aliphatic rings. The molecule has 17 heavy (non-hydrogen) atoms. The highest BCUT2D eigenvalue weighted by molar-refractivity contribution is 5.86. The van der Waals surface area contributed by atoms with Crippen LogP contribution in [-0.4, -0.2) is 11.1 Å². The zero-order valence-electron chi connectivity index (χ0n) is 8.76. The zero-order chi connectivity index (χ0) is 12.1. The van der Waals surface area contributed by atoms with Crippen LogP contribution in [-0.2, 0) is 0 Å². The Labute approximate surface area is 97.1 Å². The first-order valence-electron chi connectivity index (χ1n) is 4.89. The SMILES string of the molecule is O=C(Nc1ccnc(F)c1)Oc1ccccc1. The van der Waals surface area contributed by atoms with Crippen molar-refractivity contribution in [1.82, 2.24) is 4.98 Å². The van der Waals surface area contributed by atoms with E-state index in [9.17, 15) is 9.18 Å². The zero-order valence-corrected chi connectivity index (χ0v) is 8.76. The van der Waals surface area contributed by atoms with Crippen LogP contribution in [0.4, 0.5) is 14.9 Å². The minimum atomic E-state index is -0.679. The molecule has 1 amide bonds. The molecule has 4 nitrogen and oxygen atoms in total. The van der Waals surface area contributed by atoms with Crippen LogP contribution in [0, 0.1) is 5.95 Å². The van der Waals surface area contributed by atoms with Gasteiger partial charge in [0, 0.05) is 12.3 Å². The molecule has 1 aromatic heterocycles. The van der Waals surface area contributed by atoms with E-state index in [2.05, 4.69) is 10.3 Å². The average molecular weight is 232 g/mol. The summed E-state index contributed by atoms with van der Waals surface area (Å²) in [6.07, 6.45) is 0.579. The van der Waals surface area contributed by atoms with Crippen LogP contribution in [0.3, 0.4) is 0 Å². The highest BCUT2D eigenvalue weighted by Crippen LogP contribution is 2.11. The van der Waals surface area contributed by atoms with E-state index in [1.165, 1.54) is 12.3 Å². The van der Waals surface area contributed by atoms with Crippen LogP contribution in [0.2, 0.25) is 0 Å². The molecule has 0 atom stereocenters. The van der Waals surface area contributed by atoms with Gasteiger partial charge in [-0.3, -0.25) is 5.32 Å². The highest BCUT2D eigenvalue weighted by atomic mass is 19.1. The fraction of sp³-hybridized carbons (Fsp3) is 0. The number of carbonyl (C=O) groups excluding carboxylic acids is 1. The van der Waals surface area contributed by atoms with Crippen LogP contribution in [0.15, 0.2) is 48.7 Å². The van der Waals surface area contributed by atoms with Crippen molar-refractivity contribution in [2.45, 2.75) is 0 Å². The molecule has 2 rings (SSSR count). The third-order valence-electron chi connectivity index (χ3n) is 1.93. The van der Waals surface area contributed by atoms with Crippen molar-refractivity contribution < 1.29 is 13.9 Å². The van der Waals surface area contributed by atoms with Crippen LogP contribution >= 0.6 is 0 Å². The summed E-state index contributed by atoms with van der Waals surface area (Å²) in [7, 11) is 0. The standard InChI is InChI=1S/C12H9FN2O2/c13-11-8-9(6-7-14-11)15-12(16)17-10-4-2-1-3-5-10/h1-8H,(H,14,15,16). The van der Waals surface area contributed by atoms with Gasteiger partial charge in [-0.05, 0) is 18.2 Å². The number of ether oxygens (including phenoxy) is 1. The molecule has 1 aromatic carbocycles. The summed E-state index contributed by atoms with van der Waals surface area (Å²) in [5, 5.41) is 2.39. The Morgan fingerprint density at radius 2 is 2.00 bits per heavy atom. The summed E-state index contributed by atoms with van der Waals surface area (Å²) in [5.41, 5.74) is 0.290. The van der Waals surface area contributed by atoms with Gasteiger partial charge in [0.2, 0.25) is 5.95 Å². The number of rotatable bonds is 2. The smallest absolute Gasteiger partial charge is 0.410 e. The lowest BCUT2D eigenvalue weighted by Crippen LogP contribution is -2.16. The lowest BCUT2D eigenvalue weighted by atomic mass is 10.3. The van der Waals surface area contributed by atoms with E-state index in [0.29, 0.717) is 11.4 Å². The number of anilines is 1. The number of nitrogens with one attached hydrogen (secondary N) is 1. The average Bonchev–Trinajstić information content (AvgIpc) is 2.30. The number of para-hydroxylation sites is 1. The predicted molar refractivity (Wildman–Crippen MR) is 60.3 cm³/mol. The van der Waals surface area contributed by atoms with Gasteiger partial charge < -0.3 is 4.74 Å². The molecule has 0 radical (unpaired) electrons. The van der Waals surface area contributed by atoms with E-state index < -0.39 is 12.0 Å². The van der Waals surface area contributed by atoms with Crippen molar-refractivity contribution in [2.75, 3.05) is 5.32 Å². The number of amides is 1. The number of pyridine rings is 1. The summed E-state index contributed by atoms with van der Waals surface area (Å²) in [6.45, 7) is 0. The van der Waals surface area contributed by atoms with E-state index in [1.54, 1.807) is 24.3 Å². The minimum absolute atomic E-state index is 0.290. The highest BCUT2D eigenvalue weighted by Gasteiger charge is 2.05. The van der Waals surface area contributed by atoms with E-state index >= 15 is 0 Å². The maximum absolute atomic E-state index is 12.7. The molecule has 0 aliphatic carbocycles. The van der Waals surface area contributed by atoms with Gasteiger partial charge in [-0.25, -0.2) is 9.78 Å². The van der Waals surface area contributed by atoms with Gasteiger partial charge in [-0.1, -0.05) is 18.2 Å². The largest absolute Gasteiger partial charge is 0.417 e. The van der Waals surface area contributed by atoms with Gasteiger partial charge in [0.25, 0.3) is 0 Å². The molecule has 1 N–H and O–H groups in total. The number of benzene rings is 1. The Morgan fingerprint density at radius 3 is 2.71 bits per heavy atom. The topological polar surface area (TPSA) is 51.2 Å². The Kier molecular flexibility index (Phi) is 3.30. The number of hydrogen-bond donors (Lipinski definition) is 1. The van der Waals surface area contributed by atoms with Gasteiger partial charge in [0.1, 0.15) is 5.75 Å². The van der Waals surface area contributed by atoms with Gasteiger partial charge in [0.15, 0.2) is 0 Å². The molecule has 86 valence electrons. The van der Waals surface area contributed by atoms with Crippen molar-refractivity contribution >= 4 is 11.8 Å². The Hall–Kier alpha value is -2.43. The van der Waals surface area contributed by atoms with Crippen molar-refractivity contribution in [2.24, 2.45) is 0 Å². The molecule has 0 aliphatic heterocycles. The lowest BCUT2D eigenvalue weighted by Gasteiger charge is -2.05. The third kappa shape index (κ3) is 3.27. The number of carbonyl (C=O) groups is 1. The molecule has 2 aromatic rings. The first-order chi connectivity index (χ1) is 8.24. The number of aromatic nitrogens is 1. The van der Waals surface area contributed by atoms with Crippen molar-refractivity contribution in [3.8, 4) is 5.75 Å². The molecular formula is C12H9FN2O2. The quantitative estimate of drug-likeness (QED) is 0.810. The van der Waals surface area contributed by atoms with Gasteiger partial charge in [-0.2, -0.15) is 4.39 Å². The Morgan fingerprint density at radius 1 is 1.24 bits per heavy atom. The second kappa shape index (κ2) is 5.07. The molecule has 0 saturated carbocycles. The Bertz CT molecular complexity index is 517. The summed E-state index contributed by atoms with van der Waals surface area (Å²) in [4.78, 5) is 14.8. The van der Waals surface area contributed by atoms with Gasteiger partial charge in [-0.15, -0.1) is 0 Å². The summed E-state index contributed by atoms with van der Waals surface area (Å²) in [6, 6.07) is 11.2. The molecule has 0 spiro atoms. The van der Waals surface area contributed by atoms with Gasteiger partial charge in [0.05, 0.1) is 5.69 Å². The maximum Gasteiger partial charge on any atom is 0.417 e. The summed E-state index contributed by atoms with van der Waals surface area (Å²) in [5.74, 6) is -0.248. The third-order valence-corrected chi connectivity index (χ3v) is 1.93. The molecule has 0 bridgehead atoms. The number of hydrogen-bond acceptors (Lipinski definition) is 3. The van der Waals surface area contributed by atoms with Crippen molar-refractivity contribution in [3.63, 3.8) is 0 Å². The van der Waals surface area contributed by atoms with Crippen LogP contribution in [0.1, 0.15) is 0 Å². The summed E-state index contributed by atoms with van der Waals surface area (Å²) < 4.78 is 17.7. The minimum Gasteiger partial charge on any atom is -0.410 e. The first kappa shape index (κ1) is 11.1. The second-order valence-corrected chi connectivity index (χ2v) is 3.19. The normalized spacial score (nSPS) is 9.71. The van der Waals surface area contributed by atoms with Crippen molar-refractivity contribution in [1.29, 1.82) is 0 Å². The fourth-order valence-corrected chi connectivity index (χ4v) is 1.22. The van der Waals surface area contributed by atoms with E-state index in [4.69, 9.17) is 4.74 Å². The number of halogens is 1. The van der Waals surface area contributed by atoms with Crippen molar-refractivity contribution in [3.05, 3.63) is 54.6 Å². The van der Waals surface area contributed by atoms with E-state index in [1.807, 2.05) is 6.07 Å².